The molecule has 4 heteroatoms. The minimum atomic E-state index is -0.0123. The second kappa shape index (κ2) is 6.42. The fourth-order valence-electron chi connectivity index (χ4n) is 3.34. The lowest BCUT2D eigenvalue weighted by Gasteiger charge is -2.24. The Bertz CT molecular complexity index is 944. The Kier molecular flexibility index (Phi) is 3.97. The lowest BCUT2D eigenvalue weighted by atomic mass is 10.00. The second-order valence-corrected chi connectivity index (χ2v) is 6.23. The number of nitrogens with one attached hydrogen (secondary N) is 1. The van der Waals surface area contributed by atoms with E-state index < -0.39 is 0 Å². The fraction of sp³-hybridized carbons (Fsp3) is 0.200. The van der Waals surface area contributed by atoms with E-state index in [-0.39, 0.29) is 5.43 Å². The van der Waals surface area contributed by atoms with Crippen molar-refractivity contribution in [3.63, 3.8) is 0 Å². The Balaban J connectivity index is 1.55. The summed E-state index contributed by atoms with van der Waals surface area (Å²) in [6.45, 7) is 2.83. The Morgan fingerprint density at radius 2 is 1.83 bits per heavy atom. The molecular formula is C20H20N3O+. The summed E-state index contributed by atoms with van der Waals surface area (Å²) in [6.07, 6.45) is 4.83. The highest BCUT2D eigenvalue weighted by Gasteiger charge is 2.17. The molecule has 2 heterocycles. The van der Waals surface area contributed by atoms with Crippen molar-refractivity contribution in [3.05, 3.63) is 82.7 Å². The van der Waals surface area contributed by atoms with E-state index >= 15 is 0 Å². The van der Waals surface area contributed by atoms with Crippen molar-refractivity contribution in [2.45, 2.75) is 13.1 Å². The van der Waals surface area contributed by atoms with Crippen LogP contribution in [0.4, 0.5) is 0 Å². The number of hydrogen-bond acceptors (Lipinski definition) is 2. The first-order valence-corrected chi connectivity index (χ1v) is 8.34. The lowest BCUT2D eigenvalue weighted by molar-refractivity contribution is -0.918. The van der Waals surface area contributed by atoms with Gasteiger partial charge in [-0.05, 0) is 29.3 Å². The topological polar surface area (TPSA) is 39.3 Å². The summed E-state index contributed by atoms with van der Waals surface area (Å²) in [5.41, 5.74) is 3.65. The average molecular weight is 318 g/mol. The van der Waals surface area contributed by atoms with Crippen molar-refractivity contribution in [1.82, 2.24) is 9.78 Å². The van der Waals surface area contributed by atoms with Gasteiger partial charge in [0.2, 0.25) is 5.43 Å². The number of benzene rings is 2. The number of hydrogen-bond donors (Lipinski definition) is 1. The highest BCUT2D eigenvalue weighted by molar-refractivity contribution is 5.77. The summed E-state index contributed by atoms with van der Waals surface area (Å²) in [4.78, 5) is 13.4. The summed E-state index contributed by atoms with van der Waals surface area (Å²) in [6, 6.07) is 18.3. The Labute approximate surface area is 140 Å². The maximum absolute atomic E-state index is 11.9. The molecule has 1 N–H and O–H groups in total. The summed E-state index contributed by atoms with van der Waals surface area (Å²) >= 11 is 0. The smallest absolute Gasteiger partial charge is 0.207 e. The van der Waals surface area contributed by atoms with Gasteiger partial charge < -0.3 is 4.90 Å². The fourth-order valence-corrected chi connectivity index (χ4v) is 3.34. The molecule has 120 valence electrons. The highest BCUT2D eigenvalue weighted by Crippen LogP contribution is 2.17. The van der Waals surface area contributed by atoms with Crippen molar-refractivity contribution >= 4 is 16.5 Å². The van der Waals surface area contributed by atoms with E-state index in [4.69, 9.17) is 0 Å². The minimum Gasteiger partial charge on any atom is -0.313 e. The Morgan fingerprint density at radius 3 is 2.62 bits per heavy atom. The van der Waals surface area contributed by atoms with Crippen molar-refractivity contribution in [3.8, 4) is 0 Å². The van der Waals surface area contributed by atoms with Gasteiger partial charge in [0.25, 0.3) is 0 Å². The molecule has 1 aliphatic rings. The normalized spacial score (nSPS) is 17.7. The van der Waals surface area contributed by atoms with E-state index in [0.717, 1.165) is 37.1 Å². The first-order valence-electron chi connectivity index (χ1n) is 8.34. The van der Waals surface area contributed by atoms with Crippen LogP contribution in [0, 0.1) is 0 Å². The van der Waals surface area contributed by atoms with Gasteiger partial charge in [0.05, 0.1) is 24.8 Å². The molecule has 4 rings (SSSR count). The van der Waals surface area contributed by atoms with E-state index in [1.165, 1.54) is 22.2 Å². The zero-order valence-electron chi connectivity index (χ0n) is 13.5. The summed E-state index contributed by atoms with van der Waals surface area (Å²) in [5.74, 6) is 0. The van der Waals surface area contributed by atoms with Crippen LogP contribution in [0.5, 0.6) is 0 Å². The predicted octanol–water partition coefficient (Wildman–Crippen LogP) is 1.73. The van der Waals surface area contributed by atoms with Gasteiger partial charge in [0.15, 0.2) is 6.67 Å². The molecule has 0 amide bonds. The van der Waals surface area contributed by atoms with Gasteiger partial charge in [-0.3, -0.25) is 4.79 Å². The number of rotatable bonds is 3. The summed E-state index contributed by atoms with van der Waals surface area (Å²) < 4.78 is 1.95. The quantitative estimate of drug-likeness (QED) is 0.799. The Hall–Kier alpha value is -2.72. The van der Waals surface area contributed by atoms with Crippen LogP contribution in [0.25, 0.3) is 16.5 Å². The molecule has 0 spiro atoms. The first kappa shape index (κ1) is 14.8. The van der Waals surface area contributed by atoms with Crippen LogP contribution in [0.1, 0.15) is 12.0 Å². The van der Waals surface area contributed by atoms with E-state index in [9.17, 15) is 4.79 Å². The molecule has 3 aromatic rings. The Morgan fingerprint density at radius 1 is 1.04 bits per heavy atom. The largest absolute Gasteiger partial charge is 0.313 e. The average Bonchev–Trinajstić information content (AvgIpc) is 2.66. The lowest BCUT2D eigenvalue weighted by Crippen LogP contribution is -3.11. The van der Waals surface area contributed by atoms with E-state index in [2.05, 4.69) is 41.5 Å². The first-order chi connectivity index (χ1) is 11.8. The van der Waals surface area contributed by atoms with Crippen LogP contribution < -0.4 is 10.3 Å². The van der Waals surface area contributed by atoms with Crippen LogP contribution in [0.3, 0.4) is 0 Å². The molecule has 0 bridgehead atoms. The monoisotopic (exact) mass is 318 g/mol. The van der Waals surface area contributed by atoms with Gasteiger partial charge in [0, 0.05) is 11.8 Å². The number of quaternary nitrogens is 1. The maximum atomic E-state index is 11.9. The molecular weight excluding hydrogens is 298 g/mol. The van der Waals surface area contributed by atoms with Crippen LogP contribution in [0.2, 0.25) is 0 Å². The molecule has 0 saturated carbocycles. The summed E-state index contributed by atoms with van der Waals surface area (Å²) in [7, 11) is 0. The zero-order valence-corrected chi connectivity index (χ0v) is 13.5. The van der Waals surface area contributed by atoms with E-state index in [1.54, 1.807) is 0 Å². The number of fused-ring (bicyclic) bond motifs is 1. The molecule has 1 unspecified atom stereocenters. The standard InChI is InChI=1S/C20H19N3O/c24-20-14-21-23(19-9-5-4-8-18(19)20)15-22-12-10-17(11-13-22)16-6-2-1-3-7-16/h1-10,14H,11-13,15H2/p+1. The highest BCUT2D eigenvalue weighted by atomic mass is 16.1. The third kappa shape index (κ3) is 2.88. The minimum absolute atomic E-state index is 0.0123. The maximum Gasteiger partial charge on any atom is 0.207 e. The van der Waals surface area contributed by atoms with Crippen LogP contribution in [-0.4, -0.2) is 22.9 Å². The molecule has 1 aromatic heterocycles. The molecule has 1 atom stereocenters. The molecule has 2 aromatic carbocycles. The van der Waals surface area contributed by atoms with Gasteiger partial charge in [-0.25, -0.2) is 4.68 Å². The number of para-hydroxylation sites is 1. The molecule has 0 saturated heterocycles. The third-order valence-corrected chi connectivity index (χ3v) is 4.66. The van der Waals surface area contributed by atoms with Gasteiger partial charge in [-0.15, -0.1) is 0 Å². The van der Waals surface area contributed by atoms with Crippen molar-refractivity contribution in [2.75, 3.05) is 13.1 Å². The molecule has 0 aliphatic carbocycles. The van der Waals surface area contributed by atoms with Crippen molar-refractivity contribution < 1.29 is 4.90 Å². The van der Waals surface area contributed by atoms with Gasteiger partial charge in [0.1, 0.15) is 0 Å². The van der Waals surface area contributed by atoms with Crippen molar-refractivity contribution in [1.29, 1.82) is 0 Å². The SMILES string of the molecule is O=c1cnn(C[NH+]2CC=C(c3ccccc3)CC2)c2ccccc12. The molecule has 24 heavy (non-hydrogen) atoms. The number of aromatic nitrogens is 2. The third-order valence-electron chi connectivity index (χ3n) is 4.66. The molecule has 0 fully saturated rings. The zero-order chi connectivity index (χ0) is 16.4. The van der Waals surface area contributed by atoms with Gasteiger partial charge in [-0.1, -0.05) is 42.5 Å². The van der Waals surface area contributed by atoms with E-state index in [0.29, 0.717) is 0 Å². The molecule has 1 aliphatic heterocycles. The van der Waals surface area contributed by atoms with Crippen LogP contribution in [-0.2, 0) is 6.67 Å². The second-order valence-electron chi connectivity index (χ2n) is 6.23. The predicted molar refractivity (Wildman–Crippen MR) is 95.7 cm³/mol. The molecule has 4 nitrogen and oxygen atoms in total. The van der Waals surface area contributed by atoms with Crippen LogP contribution in [0.15, 0.2) is 71.7 Å². The number of nitrogens with zero attached hydrogens (tertiary/aromatic N) is 2. The van der Waals surface area contributed by atoms with Crippen LogP contribution >= 0.6 is 0 Å². The van der Waals surface area contributed by atoms with E-state index in [1.807, 2.05) is 28.9 Å². The van der Waals surface area contributed by atoms with Gasteiger partial charge in [-0.2, -0.15) is 5.10 Å². The van der Waals surface area contributed by atoms with Gasteiger partial charge >= 0.3 is 0 Å². The molecule has 0 radical (unpaired) electrons. The van der Waals surface area contributed by atoms with Crippen molar-refractivity contribution in [2.24, 2.45) is 0 Å². The summed E-state index contributed by atoms with van der Waals surface area (Å²) in [5, 5.41) is 5.08.